The van der Waals surface area contributed by atoms with Crippen molar-refractivity contribution in [1.29, 1.82) is 0 Å². The van der Waals surface area contributed by atoms with E-state index < -0.39 is 0 Å². The van der Waals surface area contributed by atoms with Crippen molar-refractivity contribution in [3.63, 3.8) is 0 Å². The van der Waals surface area contributed by atoms with E-state index in [2.05, 4.69) is 10.6 Å². The number of aliphatic hydroxyl groups is 1. The molecule has 0 radical (unpaired) electrons. The number of aliphatic hydroxyl groups excluding tert-OH is 1. The number of nitrogens with one attached hydrogen (secondary N) is 2. The van der Waals surface area contributed by atoms with Crippen molar-refractivity contribution in [2.24, 2.45) is 0 Å². The first-order chi connectivity index (χ1) is 9.76. The second kappa shape index (κ2) is 10.5. The molecule has 112 valence electrons. The molecule has 1 amide bonds. The Morgan fingerprint density at radius 2 is 2.05 bits per heavy atom. The summed E-state index contributed by atoms with van der Waals surface area (Å²) in [6.45, 7) is 1.32. The summed E-state index contributed by atoms with van der Waals surface area (Å²) in [5.74, 6) is 2.60. The number of benzene rings is 1. The lowest BCUT2D eigenvalue weighted by atomic mass is 10.3. The summed E-state index contributed by atoms with van der Waals surface area (Å²) in [7, 11) is 1.61. The second-order valence-electron chi connectivity index (χ2n) is 4.14. The fraction of sp³-hybridized carbons (Fsp3) is 0.500. The van der Waals surface area contributed by atoms with Crippen molar-refractivity contribution in [1.82, 2.24) is 5.32 Å². The molecule has 1 aromatic rings. The highest BCUT2D eigenvalue weighted by atomic mass is 32.2. The first-order valence-corrected chi connectivity index (χ1v) is 7.75. The number of carbonyl (C=O) groups is 1. The van der Waals surface area contributed by atoms with Crippen molar-refractivity contribution < 1.29 is 14.6 Å². The summed E-state index contributed by atoms with van der Waals surface area (Å²) in [4.78, 5) is 11.7. The van der Waals surface area contributed by atoms with Crippen molar-refractivity contribution in [3.05, 3.63) is 24.3 Å². The van der Waals surface area contributed by atoms with Crippen LogP contribution in [0.5, 0.6) is 5.75 Å². The molecule has 0 aliphatic carbocycles. The van der Waals surface area contributed by atoms with Gasteiger partial charge < -0.3 is 20.5 Å². The maximum Gasteiger partial charge on any atom is 0.238 e. The molecular formula is C14H22N2O3S. The highest BCUT2D eigenvalue weighted by molar-refractivity contribution is 7.99. The van der Waals surface area contributed by atoms with E-state index >= 15 is 0 Å². The number of carbonyl (C=O) groups excluding carboxylic acids is 1. The van der Waals surface area contributed by atoms with Gasteiger partial charge in [-0.3, -0.25) is 4.79 Å². The van der Waals surface area contributed by atoms with E-state index in [0.717, 1.165) is 35.9 Å². The Bertz CT molecular complexity index is 385. The van der Waals surface area contributed by atoms with Crippen LogP contribution in [0.1, 0.15) is 6.42 Å². The van der Waals surface area contributed by atoms with Gasteiger partial charge in [0, 0.05) is 24.6 Å². The summed E-state index contributed by atoms with van der Waals surface area (Å²) < 4.78 is 5.05. The predicted octanol–water partition coefficient (Wildman–Crippen LogP) is 1.34. The minimum Gasteiger partial charge on any atom is -0.497 e. The Labute approximate surface area is 124 Å². The van der Waals surface area contributed by atoms with Gasteiger partial charge in [0.2, 0.25) is 5.91 Å². The Morgan fingerprint density at radius 1 is 1.30 bits per heavy atom. The predicted molar refractivity (Wildman–Crippen MR) is 83.5 cm³/mol. The molecule has 6 heteroatoms. The number of thioether (sulfide) groups is 1. The van der Waals surface area contributed by atoms with Gasteiger partial charge in [-0.15, -0.1) is 0 Å². The van der Waals surface area contributed by atoms with Crippen LogP contribution < -0.4 is 15.4 Å². The summed E-state index contributed by atoms with van der Waals surface area (Å²) in [5, 5.41) is 14.5. The van der Waals surface area contributed by atoms with Gasteiger partial charge in [0.1, 0.15) is 5.75 Å². The average Bonchev–Trinajstić information content (AvgIpc) is 2.47. The molecule has 0 aliphatic heterocycles. The van der Waals surface area contributed by atoms with E-state index in [1.165, 1.54) is 0 Å². The van der Waals surface area contributed by atoms with Crippen LogP contribution in [0.25, 0.3) is 0 Å². The molecule has 0 saturated heterocycles. The zero-order chi connectivity index (χ0) is 14.6. The molecular weight excluding hydrogens is 276 g/mol. The van der Waals surface area contributed by atoms with Gasteiger partial charge in [-0.1, -0.05) is 0 Å². The fourth-order valence-corrected chi connectivity index (χ4v) is 2.32. The van der Waals surface area contributed by atoms with E-state index in [4.69, 9.17) is 9.84 Å². The molecule has 0 spiro atoms. The van der Waals surface area contributed by atoms with Crippen LogP contribution in [0.3, 0.4) is 0 Å². The number of anilines is 1. The minimum atomic E-state index is -0.0597. The van der Waals surface area contributed by atoms with Gasteiger partial charge in [0.05, 0.1) is 13.7 Å². The molecule has 0 aromatic heterocycles. The monoisotopic (exact) mass is 298 g/mol. The molecule has 3 N–H and O–H groups in total. The van der Waals surface area contributed by atoms with Crippen molar-refractivity contribution in [2.75, 3.05) is 43.6 Å². The summed E-state index contributed by atoms with van der Waals surface area (Å²) in [6.07, 6.45) is 0.822. The number of hydrogen-bond acceptors (Lipinski definition) is 5. The quantitative estimate of drug-likeness (QED) is 0.569. The largest absolute Gasteiger partial charge is 0.497 e. The normalized spacial score (nSPS) is 10.3. The zero-order valence-corrected chi connectivity index (χ0v) is 12.5. The van der Waals surface area contributed by atoms with Gasteiger partial charge >= 0.3 is 0 Å². The van der Waals surface area contributed by atoms with Crippen LogP contribution in [0.2, 0.25) is 0 Å². The number of rotatable bonds is 10. The van der Waals surface area contributed by atoms with Crippen molar-refractivity contribution >= 4 is 23.4 Å². The van der Waals surface area contributed by atoms with Gasteiger partial charge in [0.25, 0.3) is 0 Å². The molecule has 0 bridgehead atoms. The number of ether oxygens (including phenoxy) is 1. The second-order valence-corrected chi connectivity index (χ2v) is 5.37. The van der Waals surface area contributed by atoms with Crippen LogP contribution in [0.15, 0.2) is 24.3 Å². The van der Waals surface area contributed by atoms with Crippen molar-refractivity contribution in [3.8, 4) is 5.75 Å². The maximum absolute atomic E-state index is 11.7. The lowest BCUT2D eigenvalue weighted by molar-refractivity contribution is -0.115. The first-order valence-electron chi connectivity index (χ1n) is 6.59. The minimum absolute atomic E-state index is 0.0597. The molecule has 20 heavy (non-hydrogen) atoms. The third-order valence-electron chi connectivity index (χ3n) is 2.53. The lowest BCUT2D eigenvalue weighted by Crippen LogP contribution is -2.29. The molecule has 0 saturated carbocycles. The van der Waals surface area contributed by atoms with Crippen molar-refractivity contribution in [2.45, 2.75) is 6.42 Å². The van der Waals surface area contributed by atoms with Crippen LogP contribution in [0.4, 0.5) is 5.69 Å². The Kier molecular flexibility index (Phi) is 8.86. The van der Waals surface area contributed by atoms with Gasteiger partial charge in [-0.05, 0) is 36.4 Å². The molecule has 5 nitrogen and oxygen atoms in total. The van der Waals surface area contributed by atoms with E-state index in [0.29, 0.717) is 6.54 Å². The van der Waals surface area contributed by atoms with Gasteiger partial charge in [0.15, 0.2) is 0 Å². The summed E-state index contributed by atoms with van der Waals surface area (Å²) in [5.41, 5.74) is 0.759. The fourth-order valence-electron chi connectivity index (χ4n) is 1.49. The van der Waals surface area contributed by atoms with Gasteiger partial charge in [-0.25, -0.2) is 0 Å². The van der Waals surface area contributed by atoms with Crippen LogP contribution >= 0.6 is 11.8 Å². The average molecular weight is 298 g/mol. The third kappa shape index (κ3) is 7.37. The van der Waals surface area contributed by atoms with E-state index in [1.54, 1.807) is 31.0 Å². The van der Waals surface area contributed by atoms with E-state index in [9.17, 15) is 4.79 Å². The SMILES string of the molecule is COc1ccc(NC(=O)CNCCSCCCO)cc1. The summed E-state index contributed by atoms with van der Waals surface area (Å²) >= 11 is 1.77. The third-order valence-corrected chi connectivity index (χ3v) is 3.60. The van der Waals surface area contributed by atoms with E-state index in [1.807, 2.05) is 12.1 Å². The standard InChI is InChI=1S/C14H22N2O3S/c1-19-13-5-3-12(4-6-13)16-14(18)11-15-7-10-20-9-2-8-17/h3-6,15,17H,2,7-11H2,1H3,(H,16,18). The van der Waals surface area contributed by atoms with Crippen LogP contribution in [-0.2, 0) is 4.79 Å². The summed E-state index contributed by atoms with van der Waals surface area (Å²) in [6, 6.07) is 7.23. The Balaban J connectivity index is 2.10. The molecule has 1 rings (SSSR count). The zero-order valence-electron chi connectivity index (χ0n) is 11.7. The lowest BCUT2D eigenvalue weighted by Gasteiger charge is -2.07. The first kappa shape index (κ1) is 16.8. The Hall–Kier alpha value is -1.24. The molecule has 1 aromatic carbocycles. The van der Waals surface area contributed by atoms with Crippen LogP contribution in [0, 0.1) is 0 Å². The Morgan fingerprint density at radius 3 is 2.70 bits per heavy atom. The molecule has 0 aliphatic rings. The van der Waals surface area contributed by atoms with Crippen LogP contribution in [-0.4, -0.2) is 49.3 Å². The maximum atomic E-state index is 11.7. The highest BCUT2D eigenvalue weighted by Gasteiger charge is 2.01. The topological polar surface area (TPSA) is 70.6 Å². The molecule has 0 atom stereocenters. The number of amides is 1. The molecule has 0 heterocycles. The highest BCUT2D eigenvalue weighted by Crippen LogP contribution is 2.14. The smallest absolute Gasteiger partial charge is 0.238 e. The molecule has 0 unspecified atom stereocenters. The number of hydrogen-bond donors (Lipinski definition) is 3. The number of methoxy groups -OCH3 is 1. The van der Waals surface area contributed by atoms with Gasteiger partial charge in [-0.2, -0.15) is 11.8 Å². The molecule has 0 fully saturated rings. The van der Waals surface area contributed by atoms with E-state index in [-0.39, 0.29) is 12.5 Å².